The van der Waals surface area contributed by atoms with E-state index in [-0.39, 0.29) is 5.78 Å². The fraction of sp³-hybridized carbons (Fsp3) is 0.167. The van der Waals surface area contributed by atoms with E-state index in [0.29, 0.717) is 5.69 Å². The van der Waals surface area contributed by atoms with E-state index in [9.17, 15) is 4.79 Å². The van der Waals surface area contributed by atoms with Crippen molar-refractivity contribution in [3.8, 4) is 0 Å². The molecule has 54 valence electrons. The molecule has 0 aliphatic carbocycles. The van der Waals surface area contributed by atoms with Crippen LogP contribution in [0.15, 0.2) is 6.07 Å². The summed E-state index contributed by atoms with van der Waals surface area (Å²) in [6, 6.07) is 1.85. The normalized spacial score (nSPS) is 9.90. The highest BCUT2D eigenvalue weighted by Crippen LogP contribution is 2.15. The molecule has 10 heavy (non-hydrogen) atoms. The van der Waals surface area contributed by atoms with Crippen LogP contribution in [0.1, 0.15) is 17.4 Å². The van der Waals surface area contributed by atoms with Crippen molar-refractivity contribution in [2.24, 2.45) is 0 Å². The predicted molar refractivity (Wildman–Crippen MR) is 56.2 cm³/mol. The van der Waals surface area contributed by atoms with Crippen LogP contribution in [0.4, 0.5) is 0 Å². The van der Waals surface area contributed by atoms with Gasteiger partial charge in [0.15, 0.2) is 5.78 Å². The number of carbonyl (C=O) groups is 1. The summed E-state index contributed by atoms with van der Waals surface area (Å²) >= 11 is 4.35. The van der Waals surface area contributed by atoms with E-state index in [1.807, 2.05) is 6.07 Å². The monoisotopic (exact) mass is 361 g/mol. The summed E-state index contributed by atoms with van der Waals surface area (Å²) in [6.45, 7) is 1.55. The van der Waals surface area contributed by atoms with Gasteiger partial charge < -0.3 is 4.98 Å². The van der Waals surface area contributed by atoms with Crippen LogP contribution < -0.4 is 0 Å². The summed E-state index contributed by atoms with van der Waals surface area (Å²) in [6.07, 6.45) is 0. The molecule has 2 nitrogen and oxygen atoms in total. The van der Waals surface area contributed by atoms with Crippen LogP contribution >= 0.6 is 45.2 Å². The minimum absolute atomic E-state index is 0.0841. The topological polar surface area (TPSA) is 32.9 Å². The third-order valence-corrected chi connectivity index (χ3v) is 3.84. The number of H-pyrrole nitrogens is 1. The van der Waals surface area contributed by atoms with Gasteiger partial charge in [-0.25, -0.2) is 0 Å². The molecule has 0 bridgehead atoms. The third-order valence-electron chi connectivity index (χ3n) is 1.10. The van der Waals surface area contributed by atoms with Gasteiger partial charge in [-0.2, -0.15) is 0 Å². The number of aromatic amines is 1. The van der Waals surface area contributed by atoms with Gasteiger partial charge in [0, 0.05) is 10.5 Å². The van der Waals surface area contributed by atoms with Gasteiger partial charge >= 0.3 is 0 Å². The zero-order chi connectivity index (χ0) is 7.72. The highest BCUT2D eigenvalue weighted by molar-refractivity contribution is 14.1. The van der Waals surface area contributed by atoms with E-state index >= 15 is 0 Å². The molecule has 0 aromatic carbocycles. The average molecular weight is 361 g/mol. The Labute approximate surface area is 86.1 Å². The summed E-state index contributed by atoms with van der Waals surface area (Å²) in [5.41, 5.74) is 0.689. The van der Waals surface area contributed by atoms with Gasteiger partial charge in [0.05, 0.1) is 9.39 Å². The Hall–Kier alpha value is 0.410. The summed E-state index contributed by atoms with van der Waals surface area (Å²) in [5.74, 6) is 0.0841. The maximum absolute atomic E-state index is 10.8. The first-order valence-electron chi connectivity index (χ1n) is 2.66. The molecule has 0 spiro atoms. The SMILES string of the molecule is CC(=O)c1cc(I)c(I)[nH]1. The van der Waals surface area contributed by atoms with Crippen molar-refractivity contribution in [1.29, 1.82) is 0 Å². The molecular weight excluding hydrogens is 356 g/mol. The number of halogens is 2. The van der Waals surface area contributed by atoms with Crippen molar-refractivity contribution in [2.75, 3.05) is 0 Å². The number of carbonyl (C=O) groups excluding carboxylic acids is 1. The number of rotatable bonds is 1. The molecule has 0 aliphatic heterocycles. The van der Waals surface area contributed by atoms with E-state index in [1.165, 1.54) is 0 Å². The molecule has 0 radical (unpaired) electrons. The van der Waals surface area contributed by atoms with Crippen molar-refractivity contribution in [3.63, 3.8) is 0 Å². The van der Waals surface area contributed by atoms with Crippen LogP contribution in [0.2, 0.25) is 0 Å². The van der Waals surface area contributed by atoms with E-state index in [1.54, 1.807) is 6.92 Å². The fourth-order valence-electron chi connectivity index (χ4n) is 0.594. The summed E-state index contributed by atoms with van der Waals surface area (Å²) in [4.78, 5) is 13.7. The van der Waals surface area contributed by atoms with Crippen molar-refractivity contribution < 1.29 is 4.79 Å². The van der Waals surface area contributed by atoms with Gasteiger partial charge in [-0.1, -0.05) is 0 Å². The first-order valence-corrected chi connectivity index (χ1v) is 4.82. The van der Waals surface area contributed by atoms with Crippen LogP contribution in [0.25, 0.3) is 0 Å². The third kappa shape index (κ3) is 1.71. The van der Waals surface area contributed by atoms with Crippen LogP contribution in [-0.4, -0.2) is 10.8 Å². The fourth-order valence-corrected chi connectivity index (χ4v) is 1.49. The Morgan fingerprint density at radius 3 is 2.40 bits per heavy atom. The molecule has 0 fully saturated rings. The predicted octanol–water partition coefficient (Wildman–Crippen LogP) is 2.43. The molecule has 0 aliphatic rings. The lowest BCUT2D eigenvalue weighted by Crippen LogP contribution is -1.90. The highest BCUT2D eigenvalue weighted by Gasteiger charge is 2.05. The Morgan fingerprint density at radius 2 is 2.20 bits per heavy atom. The lowest BCUT2D eigenvalue weighted by Gasteiger charge is -1.83. The van der Waals surface area contributed by atoms with Crippen molar-refractivity contribution in [1.82, 2.24) is 4.98 Å². The Balaban J connectivity index is 3.10. The molecule has 0 amide bonds. The highest BCUT2D eigenvalue weighted by atomic mass is 127. The van der Waals surface area contributed by atoms with E-state index < -0.39 is 0 Å². The standard InChI is InChI=1S/C6H5I2NO/c1-3(10)5-2-4(7)6(8)9-5/h2,9H,1H3. The molecule has 1 aromatic rings. The molecule has 0 atom stereocenters. The summed E-state index contributed by atoms with van der Waals surface area (Å²) in [5, 5.41) is 0. The van der Waals surface area contributed by atoms with Crippen LogP contribution in [0.3, 0.4) is 0 Å². The molecule has 4 heteroatoms. The second-order valence-corrected chi connectivity index (χ2v) is 4.14. The summed E-state index contributed by atoms with van der Waals surface area (Å²) in [7, 11) is 0. The maximum Gasteiger partial charge on any atom is 0.175 e. The first kappa shape index (κ1) is 8.51. The van der Waals surface area contributed by atoms with E-state index in [4.69, 9.17) is 0 Å². The number of aromatic nitrogens is 1. The molecule has 1 rings (SSSR count). The Kier molecular flexibility index (Phi) is 2.73. The van der Waals surface area contributed by atoms with E-state index in [2.05, 4.69) is 50.2 Å². The second kappa shape index (κ2) is 3.21. The van der Waals surface area contributed by atoms with E-state index in [0.717, 1.165) is 7.27 Å². The molecule has 0 saturated carbocycles. The number of hydrogen-bond acceptors (Lipinski definition) is 1. The molecule has 1 heterocycles. The number of nitrogens with one attached hydrogen (secondary N) is 1. The quantitative estimate of drug-likeness (QED) is 0.605. The van der Waals surface area contributed by atoms with Crippen LogP contribution in [0.5, 0.6) is 0 Å². The Morgan fingerprint density at radius 1 is 1.60 bits per heavy atom. The maximum atomic E-state index is 10.8. The van der Waals surface area contributed by atoms with Gasteiger partial charge in [0.1, 0.15) is 0 Å². The minimum atomic E-state index is 0.0841. The molecule has 0 unspecified atom stereocenters. The first-order chi connectivity index (χ1) is 4.61. The summed E-state index contributed by atoms with van der Waals surface area (Å²) < 4.78 is 2.13. The largest absolute Gasteiger partial charge is 0.347 e. The van der Waals surface area contributed by atoms with Gasteiger partial charge in [0.25, 0.3) is 0 Å². The zero-order valence-electron chi connectivity index (χ0n) is 5.24. The van der Waals surface area contributed by atoms with Crippen molar-refractivity contribution >= 4 is 51.0 Å². The molecule has 0 saturated heterocycles. The Bertz CT molecular complexity index is 247. The average Bonchev–Trinajstić information content (AvgIpc) is 2.13. The number of hydrogen-bond donors (Lipinski definition) is 1. The van der Waals surface area contributed by atoms with Crippen LogP contribution in [-0.2, 0) is 0 Å². The number of Topliss-reactive ketones (excluding diaryl/α,β-unsaturated/α-hetero) is 1. The minimum Gasteiger partial charge on any atom is -0.347 e. The zero-order valence-corrected chi connectivity index (χ0v) is 9.56. The van der Waals surface area contributed by atoms with Crippen molar-refractivity contribution in [3.05, 3.63) is 19.0 Å². The smallest absolute Gasteiger partial charge is 0.175 e. The lowest BCUT2D eigenvalue weighted by atomic mass is 10.3. The molecular formula is C6H5I2NO. The molecule has 1 aromatic heterocycles. The lowest BCUT2D eigenvalue weighted by molar-refractivity contribution is 0.101. The second-order valence-electron chi connectivity index (χ2n) is 1.90. The van der Waals surface area contributed by atoms with Gasteiger partial charge in [0.2, 0.25) is 0 Å². The van der Waals surface area contributed by atoms with Crippen LogP contribution in [0, 0.1) is 7.27 Å². The number of ketones is 1. The van der Waals surface area contributed by atoms with Crippen molar-refractivity contribution in [2.45, 2.75) is 6.92 Å². The molecule has 1 N–H and O–H groups in total. The van der Waals surface area contributed by atoms with Gasteiger partial charge in [-0.3, -0.25) is 4.79 Å². The van der Waals surface area contributed by atoms with Gasteiger partial charge in [-0.15, -0.1) is 0 Å². The van der Waals surface area contributed by atoms with Gasteiger partial charge in [-0.05, 0) is 51.2 Å².